The molecule has 0 saturated carbocycles. The molecule has 1 amide bonds. The number of furan rings is 1. The van der Waals surface area contributed by atoms with Gasteiger partial charge in [0.25, 0.3) is 5.91 Å². The Kier molecular flexibility index (Phi) is 6.05. The Labute approximate surface area is 160 Å². The number of carbonyl (C=O) groups excluding carboxylic acids is 2. The molecule has 140 valence electrons. The molecule has 0 aliphatic heterocycles. The molecule has 0 radical (unpaired) electrons. The Morgan fingerprint density at radius 2 is 2.04 bits per heavy atom. The maximum atomic E-state index is 12.4. The summed E-state index contributed by atoms with van der Waals surface area (Å²) in [5, 5.41) is 3.73. The summed E-state index contributed by atoms with van der Waals surface area (Å²) >= 11 is 5.74. The summed E-state index contributed by atoms with van der Waals surface area (Å²) in [5.74, 6) is -0.927. The average Bonchev–Trinajstić information content (AvgIpc) is 3.05. The minimum Gasteiger partial charge on any atom is -0.450 e. The molecular weight excluding hydrogens is 372 g/mol. The molecule has 1 aromatic carbocycles. The van der Waals surface area contributed by atoms with Crippen molar-refractivity contribution in [3.05, 3.63) is 58.9 Å². The van der Waals surface area contributed by atoms with Crippen LogP contribution >= 0.6 is 11.6 Å². The molecule has 8 heteroatoms. The molecule has 27 heavy (non-hydrogen) atoms. The third-order valence-corrected chi connectivity index (χ3v) is 3.89. The summed E-state index contributed by atoms with van der Waals surface area (Å²) in [6.07, 6.45) is 1.40. The number of anilines is 1. The van der Waals surface area contributed by atoms with Gasteiger partial charge in [0.05, 0.1) is 11.6 Å². The van der Waals surface area contributed by atoms with Crippen molar-refractivity contribution < 1.29 is 23.5 Å². The lowest BCUT2D eigenvalue weighted by molar-refractivity contribution is -0.119. The molecule has 0 fully saturated rings. The molecule has 1 N–H and O–H groups in total. The number of nitrogens with zero attached hydrogens (tertiary/aromatic N) is 1. The first-order valence-corrected chi connectivity index (χ1v) is 8.63. The third kappa shape index (κ3) is 4.64. The highest BCUT2D eigenvalue weighted by atomic mass is 35.5. The molecule has 0 bridgehead atoms. The number of amides is 1. The van der Waals surface area contributed by atoms with Crippen molar-refractivity contribution >= 4 is 40.3 Å². The minimum absolute atomic E-state index is 0.0297. The Morgan fingerprint density at radius 3 is 2.78 bits per heavy atom. The fourth-order valence-electron chi connectivity index (χ4n) is 2.44. The SMILES string of the molecule is CCOCc1c(C(=O)OCC(=O)Nc2ccc(Cl)cn2)oc2ccccc12. The summed E-state index contributed by atoms with van der Waals surface area (Å²) in [4.78, 5) is 28.3. The number of fused-ring (bicyclic) bond motifs is 1. The summed E-state index contributed by atoms with van der Waals surface area (Å²) < 4.78 is 16.1. The van der Waals surface area contributed by atoms with Crippen LogP contribution < -0.4 is 5.32 Å². The zero-order chi connectivity index (χ0) is 19.2. The first-order valence-electron chi connectivity index (χ1n) is 8.25. The molecule has 2 aromatic heterocycles. The molecule has 2 heterocycles. The molecule has 0 unspecified atom stereocenters. The number of nitrogens with one attached hydrogen (secondary N) is 1. The number of hydrogen-bond donors (Lipinski definition) is 1. The van der Waals surface area contributed by atoms with Crippen molar-refractivity contribution in [3.63, 3.8) is 0 Å². The van der Waals surface area contributed by atoms with Crippen LogP contribution in [0.1, 0.15) is 23.0 Å². The average molecular weight is 389 g/mol. The van der Waals surface area contributed by atoms with E-state index >= 15 is 0 Å². The van der Waals surface area contributed by atoms with Gasteiger partial charge in [-0.2, -0.15) is 0 Å². The number of carbonyl (C=O) groups is 2. The van der Waals surface area contributed by atoms with Crippen LogP contribution in [0.3, 0.4) is 0 Å². The second-order valence-electron chi connectivity index (χ2n) is 5.53. The quantitative estimate of drug-likeness (QED) is 0.619. The van der Waals surface area contributed by atoms with Gasteiger partial charge in [-0.05, 0) is 25.1 Å². The van der Waals surface area contributed by atoms with Gasteiger partial charge in [-0.3, -0.25) is 4.79 Å². The summed E-state index contributed by atoms with van der Waals surface area (Å²) in [7, 11) is 0. The van der Waals surface area contributed by atoms with Crippen molar-refractivity contribution in [2.24, 2.45) is 0 Å². The maximum Gasteiger partial charge on any atom is 0.375 e. The first-order chi connectivity index (χ1) is 13.1. The smallest absolute Gasteiger partial charge is 0.375 e. The molecule has 0 saturated heterocycles. The van der Waals surface area contributed by atoms with E-state index in [0.717, 1.165) is 5.39 Å². The molecule has 3 aromatic rings. The van der Waals surface area contributed by atoms with E-state index in [2.05, 4.69) is 10.3 Å². The highest BCUT2D eigenvalue weighted by Crippen LogP contribution is 2.27. The van der Waals surface area contributed by atoms with E-state index in [-0.39, 0.29) is 12.4 Å². The van der Waals surface area contributed by atoms with Crippen molar-refractivity contribution in [1.29, 1.82) is 0 Å². The van der Waals surface area contributed by atoms with Gasteiger partial charge in [-0.25, -0.2) is 9.78 Å². The largest absolute Gasteiger partial charge is 0.450 e. The van der Waals surface area contributed by atoms with Crippen LogP contribution in [-0.2, 0) is 20.9 Å². The highest BCUT2D eigenvalue weighted by Gasteiger charge is 2.22. The maximum absolute atomic E-state index is 12.4. The summed E-state index contributed by atoms with van der Waals surface area (Å²) in [6, 6.07) is 10.4. The fraction of sp³-hybridized carbons (Fsp3) is 0.211. The van der Waals surface area contributed by atoms with Gasteiger partial charge < -0.3 is 19.2 Å². The van der Waals surface area contributed by atoms with Gasteiger partial charge in [0.15, 0.2) is 6.61 Å². The second-order valence-corrected chi connectivity index (χ2v) is 5.97. The minimum atomic E-state index is -0.736. The Bertz CT molecular complexity index is 952. The van der Waals surface area contributed by atoms with Gasteiger partial charge in [0, 0.05) is 23.8 Å². The topological polar surface area (TPSA) is 90.7 Å². The summed E-state index contributed by atoms with van der Waals surface area (Å²) in [6.45, 7) is 2.08. The number of benzene rings is 1. The predicted molar refractivity (Wildman–Crippen MR) is 99.7 cm³/mol. The van der Waals surface area contributed by atoms with Crippen molar-refractivity contribution in [1.82, 2.24) is 4.98 Å². The Balaban J connectivity index is 1.68. The Hall–Kier alpha value is -2.90. The van der Waals surface area contributed by atoms with Crippen LogP contribution in [0.2, 0.25) is 5.02 Å². The zero-order valence-corrected chi connectivity index (χ0v) is 15.3. The van der Waals surface area contributed by atoms with Gasteiger partial charge >= 0.3 is 5.97 Å². The fourth-order valence-corrected chi connectivity index (χ4v) is 2.55. The van der Waals surface area contributed by atoms with Gasteiger partial charge in [-0.15, -0.1) is 0 Å². The highest BCUT2D eigenvalue weighted by molar-refractivity contribution is 6.30. The summed E-state index contributed by atoms with van der Waals surface area (Å²) in [5.41, 5.74) is 1.14. The lowest BCUT2D eigenvalue weighted by Gasteiger charge is -2.06. The van der Waals surface area contributed by atoms with Gasteiger partial charge in [0.1, 0.15) is 11.4 Å². The lowest BCUT2D eigenvalue weighted by Crippen LogP contribution is -2.21. The van der Waals surface area contributed by atoms with Crippen LogP contribution in [0.15, 0.2) is 47.0 Å². The zero-order valence-electron chi connectivity index (χ0n) is 14.5. The number of esters is 1. The van der Waals surface area contributed by atoms with Crippen molar-refractivity contribution in [2.75, 3.05) is 18.5 Å². The number of para-hydroxylation sites is 1. The van der Waals surface area contributed by atoms with E-state index < -0.39 is 18.5 Å². The number of rotatable bonds is 7. The normalized spacial score (nSPS) is 10.7. The van der Waals surface area contributed by atoms with Crippen LogP contribution in [0.5, 0.6) is 0 Å². The number of ether oxygens (including phenoxy) is 2. The van der Waals surface area contributed by atoms with Crippen molar-refractivity contribution in [2.45, 2.75) is 13.5 Å². The lowest BCUT2D eigenvalue weighted by atomic mass is 10.1. The predicted octanol–water partition coefficient (Wildman–Crippen LogP) is 3.81. The van der Waals surface area contributed by atoms with E-state index in [4.69, 9.17) is 25.5 Å². The number of halogens is 1. The first kappa shape index (κ1) is 18.9. The van der Waals surface area contributed by atoms with Crippen LogP contribution in [-0.4, -0.2) is 30.1 Å². The van der Waals surface area contributed by atoms with Gasteiger partial charge in [-0.1, -0.05) is 29.8 Å². The van der Waals surface area contributed by atoms with E-state index in [9.17, 15) is 9.59 Å². The molecule has 0 aliphatic rings. The van der Waals surface area contributed by atoms with Crippen LogP contribution in [0.4, 0.5) is 5.82 Å². The third-order valence-electron chi connectivity index (χ3n) is 3.66. The number of pyridine rings is 1. The molecule has 0 aliphatic carbocycles. The molecular formula is C19H17ClN2O5. The molecule has 0 spiro atoms. The number of aromatic nitrogens is 1. The number of hydrogen-bond acceptors (Lipinski definition) is 6. The van der Waals surface area contributed by atoms with E-state index in [1.165, 1.54) is 6.20 Å². The van der Waals surface area contributed by atoms with Crippen molar-refractivity contribution in [3.8, 4) is 0 Å². The van der Waals surface area contributed by atoms with Crippen LogP contribution in [0.25, 0.3) is 11.0 Å². The Morgan fingerprint density at radius 1 is 1.22 bits per heavy atom. The molecule has 0 atom stereocenters. The van der Waals surface area contributed by atoms with Crippen LogP contribution in [0, 0.1) is 0 Å². The molecule has 7 nitrogen and oxygen atoms in total. The molecule has 3 rings (SSSR count). The standard InChI is InChI=1S/C19H17ClN2O5/c1-2-25-10-14-13-5-3-4-6-15(13)27-18(14)19(24)26-11-17(23)22-16-8-7-12(20)9-21-16/h3-9H,2,10-11H2,1H3,(H,21,22,23). The van der Waals surface area contributed by atoms with Gasteiger partial charge in [0.2, 0.25) is 5.76 Å². The van der Waals surface area contributed by atoms with E-state index in [1.54, 1.807) is 24.3 Å². The van der Waals surface area contributed by atoms with E-state index in [0.29, 0.717) is 28.6 Å². The monoisotopic (exact) mass is 388 g/mol. The second kappa shape index (κ2) is 8.66. The van der Waals surface area contributed by atoms with E-state index in [1.807, 2.05) is 19.1 Å².